The van der Waals surface area contributed by atoms with Crippen molar-refractivity contribution >= 4 is 32.6 Å². The van der Waals surface area contributed by atoms with Crippen LogP contribution in [-0.4, -0.2) is 87.8 Å². The first-order valence-corrected chi connectivity index (χ1v) is 13.3. The van der Waals surface area contributed by atoms with Crippen molar-refractivity contribution in [1.82, 2.24) is 19.5 Å². The number of nitrogens with zero attached hydrogens (tertiary/aromatic N) is 6. The molecule has 0 aliphatic carbocycles. The van der Waals surface area contributed by atoms with Crippen LogP contribution in [0.1, 0.15) is 19.5 Å². The molecule has 0 saturated carbocycles. The van der Waals surface area contributed by atoms with E-state index in [2.05, 4.69) is 4.90 Å². The van der Waals surface area contributed by atoms with Gasteiger partial charge in [0.05, 0.1) is 37.4 Å². The minimum atomic E-state index is -3.55. The van der Waals surface area contributed by atoms with Gasteiger partial charge in [0.15, 0.2) is 21.4 Å². The quantitative estimate of drug-likeness (QED) is 0.512. The van der Waals surface area contributed by atoms with Crippen LogP contribution in [0.3, 0.4) is 0 Å². The monoisotopic (exact) mass is 502 g/mol. The average Bonchev–Trinajstić information content (AvgIpc) is 3.21. The highest BCUT2D eigenvalue weighted by atomic mass is 32.2. The Labute approximate surface area is 204 Å². The molecule has 188 valence electrons. The molecule has 0 spiro atoms. The second kappa shape index (κ2) is 8.23. The van der Waals surface area contributed by atoms with E-state index in [9.17, 15) is 8.42 Å². The lowest BCUT2D eigenvalue weighted by Gasteiger charge is -2.41. The van der Waals surface area contributed by atoms with Gasteiger partial charge in [-0.1, -0.05) is 0 Å². The lowest BCUT2D eigenvalue weighted by Crippen LogP contribution is -2.52. The third-order valence-corrected chi connectivity index (χ3v) is 8.74. The summed E-state index contributed by atoms with van der Waals surface area (Å²) in [5, 5.41) is 0. The maximum atomic E-state index is 12.9. The second-order valence-corrected chi connectivity index (χ2v) is 12.1. The highest BCUT2D eigenvalue weighted by Crippen LogP contribution is 2.43. The number of aromatic nitrogens is 4. The van der Waals surface area contributed by atoms with Gasteiger partial charge in [-0.2, -0.15) is 4.98 Å². The number of fused-ring (bicyclic) bond motifs is 4. The number of anilines is 2. The number of hydrogen-bond acceptors (Lipinski definition) is 10. The molecule has 0 amide bonds. The standard InChI is InChI=1S/C23H30N6O5S/c1-23(2,35(6,30)31)19-18-20(28-9-10-33-12-14(28)13-34-18)26-21(25-19)29-17-8-7-15(32-5)11-16(17)24-22(29)27(3)4/h7-8,11,14H,9-10,12-13H2,1-6H3/t14-/m0/s1. The Morgan fingerprint density at radius 2 is 1.94 bits per heavy atom. The van der Waals surface area contributed by atoms with Crippen LogP contribution in [0.2, 0.25) is 0 Å². The van der Waals surface area contributed by atoms with Crippen LogP contribution in [0.25, 0.3) is 17.0 Å². The number of sulfone groups is 1. The summed E-state index contributed by atoms with van der Waals surface area (Å²) in [6, 6.07) is 5.58. The van der Waals surface area contributed by atoms with Gasteiger partial charge in [0.25, 0.3) is 0 Å². The average molecular weight is 503 g/mol. The number of imidazole rings is 1. The van der Waals surface area contributed by atoms with E-state index in [0.29, 0.717) is 66.8 Å². The SMILES string of the molecule is COc1ccc2c(c1)nc(N(C)C)n2-c1nc2c(c(C(C)(C)S(C)(=O)=O)n1)OC[C@@H]1COCCN21. The smallest absolute Gasteiger partial charge is 0.239 e. The number of methoxy groups -OCH3 is 1. The van der Waals surface area contributed by atoms with Gasteiger partial charge in [0.2, 0.25) is 11.9 Å². The van der Waals surface area contributed by atoms with Crippen molar-refractivity contribution < 1.29 is 22.6 Å². The summed E-state index contributed by atoms with van der Waals surface area (Å²) < 4.78 is 43.4. The molecule has 1 aromatic carbocycles. The Bertz CT molecular complexity index is 1400. The van der Waals surface area contributed by atoms with Gasteiger partial charge in [-0.15, -0.1) is 0 Å². The fourth-order valence-corrected chi connectivity index (χ4v) is 4.85. The first-order valence-electron chi connectivity index (χ1n) is 11.4. The van der Waals surface area contributed by atoms with Gasteiger partial charge >= 0.3 is 0 Å². The Morgan fingerprint density at radius 1 is 1.17 bits per heavy atom. The van der Waals surface area contributed by atoms with Crippen molar-refractivity contribution in [2.75, 3.05) is 63.6 Å². The van der Waals surface area contributed by atoms with Crippen LogP contribution in [0.15, 0.2) is 18.2 Å². The normalized spacial score (nSPS) is 18.1. The van der Waals surface area contributed by atoms with Crippen LogP contribution in [0.5, 0.6) is 11.5 Å². The van der Waals surface area contributed by atoms with E-state index in [1.54, 1.807) is 21.0 Å². The fraction of sp³-hybridized carbons (Fsp3) is 0.522. The predicted molar refractivity (Wildman–Crippen MR) is 133 cm³/mol. The Morgan fingerprint density at radius 3 is 2.63 bits per heavy atom. The van der Waals surface area contributed by atoms with Gasteiger partial charge in [0, 0.05) is 33.0 Å². The Balaban J connectivity index is 1.82. The lowest BCUT2D eigenvalue weighted by molar-refractivity contribution is 0.0691. The molecule has 1 fully saturated rings. The molecule has 35 heavy (non-hydrogen) atoms. The molecule has 3 aromatic rings. The summed E-state index contributed by atoms with van der Waals surface area (Å²) in [6.45, 7) is 5.36. The van der Waals surface area contributed by atoms with Crippen LogP contribution in [0.4, 0.5) is 11.8 Å². The third kappa shape index (κ3) is 3.75. The summed E-state index contributed by atoms with van der Waals surface area (Å²) in [6.07, 6.45) is 1.21. The summed E-state index contributed by atoms with van der Waals surface area (Å²) in [7, 11) is 1.83. The molecule has 1 saturated heterocycles. The van der Waals surface area contributed by atoms with Gasteiger partial charge in [-0.3, -0.25) is 0 Å². The van der Waals surface area contributed by atoms with E-state index in [1.165, 1.54) is 6.26 Å². The molecule has 0 bridgehead atoms. The Hall–Kier alpha value is -3.12. The molecule has 2 aliphatic rings. The van der Waals surface area contributed by atoms with E-state index in [-0.39, 0.29) is 6.04 Å². The van der Waals surface area contributed by atoms with Crippen LogP contribution in [0, 0.1) is 0 Å². The zero-order chi connectivity index (χ0) is 25.1. The maximum absolute atomic E-state index is 12.9. The molecule has 0 unspecified atom stereocenters. The number of morpholine rings is 1. The summed E-state index contributed by atoms with van der Waals surface area (Å²) in [5.41, 5.74) is 1.80. The van der Waals surface area contributed by atoms with Crippen molar-refractivity contribution in [2.24, 2.45) is 0 Å². The first kappa shape index (κ1) is 23.6. The first-order chi connectivity index (χ1) is 16.5. The molecule has 0 N–H and O–H groups in total. The number of rotatable bonds is 5. The minimum Gasteiger partial charge on any atom is -0.497 e. The third-order valence-electron chi connectivity index (χ3n) is 6.70. The number of hydrogen-bond donors (Lipinski definition) is 0. The predicted octanol–water partition coefficient (Wildman–Crippen LogP) is 1.77. The lowest BCUT2D eigenvalue weighted by atomic mass is 10.1. The van der Waals surface area contributed by atoms with Gasteiger partial charge in [-0.05, 0) is 26.0 Å². The molecule has 11 nitrogen and oxygen atoms in total. The van der Waals surface area contributed by atoms with Crippen molar-refractivity contribution in [1.29, 1.82) is 0 Å². The summed E-state index contributed by atoms with van der Waals surface area (Å²) in [5.74, 6) is 2.58. The van der Waals surface area contributed by atoms with Crippen LogP contribution < -0.4 is 19.3 Å². The Kier molecular flexibility index (Phi) is 5.55. The molecular formula is C23H30N6O5S. The fourth-order valence-electron chi connectivity index (χ4n) is 4.36. The van der Waals surface area contributed by atoms with Gasteiger partial charge < -0.3 is 24.0 Å². The largest absolute Gasteiger partial charge is 0.497 e. The summed E-state index contributed by atoms with van der Waals surface area (Å²) in [4.78, 5) is 18.5. The van der Waals surface area contributed by atoms with Crippen LogP contribution in [-0.2, 0) is 19.3 Å². The highest BCUT2D eigenvalue weighted by molar-refractivity contribution is 7.91. The van der Waals surface area contributed by atoms with Crippen molar-refractivity contribution in [2.45, 2.75) is 24.6 Å². The van der Waals surface area contributed by atoms with Crippen LogP contribution >= 0.6 is 0 Å². The molecule has 1 atom stereocenters. The minimum absolute atomic E-state index is 0.00897. The molecule has 5 rings (SSSR count). The van der Waals surface area contributed by atoms with Gasteiger partial charge in [0.1, 0.15) is 22.8 Å². The zero-order valence-corrected chi connectivity index (χ0v) is 21.6. The molecular weight excluding hydrogens is 472 g/mol. The zero-order valence-electron chi connectivity index (χ0n) is 20.8. The molecule has 0 radical (unpaired) electrons. The van der Waals surface area contributed by atoms with E-state index in [1.807, 2.05) is 41.8 Å². The highest BCUT2D eigenvalue weighted by Gasteiger charge is 2.43. The van der Waals surface area contributed by atoms with E-state index >= 15 is 0 Å². The van der Waals surface area contributed by atoms with Crippen molar-refractivity contribution in [3.8, 4) is 17.4 Å². The number of benzene rings is 1. The molecule has 4 heterocycles. The van der Waals surface area contributed by atoms with Crippen molar-refractivity contribution in [3.63, 3.8) is 0 Å². The molecule has 12 heteroatoms. The van der Waals surface area contributed by atoms with Gasteiger partial charge in [-0.25, -0.2) is 23.0 Å². The van der Waals surface area contributed by atoms with E-state index in [0.717, 1.165) is 5.52 Å². The van der Waals surface area contributed by atoms with E-state index in [4.69, 9.17) is 29.2 Å². The topological polar surface area (TPSA) is 112 Å². The maximum Gasteiger partial charge on any atom is 0.239 e. The summed E-state index contributed by atoms with van der Waals surface area (Å²) >= 11 is 0. The van der Waals surface area contributed by atoms with E-state index < -0.39 is 14.6 Å². The number of ether oxygens (including phenoxy) is 3. The van der Waals surface area contributed by atoms with Crippen molar-refractivity contribution in [3.05, 3.63) is 23.9 Å². The second-order valence-electron chi connectivity index (χ2n) is 9.54. The molecule has 2 aromatic heterocycles. The molecule has 2 aliphatic heterocycles.